The lowest BCUT2D eigenvalue weighted by molar-refractivity contribution is -0.117. The second-order valence-electron chi connectivity index (χ2n) is 6.33. The number of hydrogen-bond acceptors (Lipinski definition) is 4. The van der Waals surface area contributed by atoms with Crippen LogP contribution in [0.2, 0.25) is 0 Å². The van der Waals surface area contributed by atoms with E-state index in [1.54, 1.807) is 48.3 Å². The van der Waals surface area contributed by atoms with Crippen molar-refractivity contribution in [3.05, 3.63) is 84.0 Å². The SMILES string of the molecule is COc1ccccc1C(NC(=O)/C=C/c1ccccc1OC(F)F)c1nccn1C. The van der Waals surface area contributed by atoms with Crippen molar-refractivity contribution in [3.63, 3.8) is 0 Å². The first-order valence-corrected chi connectivity index (χ1v) is 9.12. The molecule has 0 aliphatic rings. The third kappa shape index (κ3) is 5.02. The summed E-state index contributed by atoms with van der Waals surface area (Å²) < 4.78 is 36.9. The Hall–Kier alpha value is -3.68. The van der Waals surface area contributed by atoms with Crippen LogP contribution in [-0.4, -0.2) is 29.2 Å². The molecule has 3 aromatic rings. The van der Waals surface area contributed by atoms with Gasteiger partial charge in [-0.15, -0.1) is 0 Å². The average Bonchev–Trinajstić information content (AvgIpc) is 3.16. The van der Waals surface area contributed by atoms with E-state index in [4.69, 9.17) is 4.74 Å². The van der Waals surface area contributed by atoms with E-state index in [1.165, 1.54) is 18.2 Å². The molecule has 0 spiro atoms. The first-order chi connectivity index (χ1) is 14.5. The maximum atomic E-state index is 12.7. The number of methoxy groups -OCH3 is 1. The number of benzene rings is 2. The van der Waals surface area contributed by atoms with Gasteiger partial charge in [0.05, 0.1) is 7.11 Å². The highest BCUT2D eigenvalue weighted by Gasteiger charge is 2.23. The molecular weight excluding hydrogens is 392 g/mol. The predicted molar refractivity (Wildman–Crippen MR) is 108 cm³/mol. The van der Waals surface area contributed by atoms with Crippen LogP contribution < -0.4 is 14.8 Å². The fraction of sp³-hybridized carbons (Fsp3) is 0.182. The number of aryl methyl sites for hydroxylation is 1. The molecule has 6 nitrogen and oxygen atoms in total. The molecule has 0 saturated carbocycles. The predicted octanol–water partition coefficient (Wildman–Crippen LogP) is 3.95. The van der Waals surface area contributed by atoms with Gasteiger partial charge in [-0.1, -0.05) is 36.4 Å². The molecule has 156 valence electrons. The Balaban J connectivity index is 1.86. The fourth-order valence-corrected chi connectivity index (χ4v) is 3.02. The highest BCUT2D eigenvalue weighted by atomic mass is 19.3. The molecule has 1 amide bonds. The fourth-order valence-electron chi connectivity index (χ4n) is 3.02. The number of para-hydroxylation sites is 2. The van der Waals surface area contributed by atoms with Gasteiger partial charge in [0.25, 0.3) is 0 Å². The number of imidazole rings is 1. The van der Waals surface area contributed by atoms with Crippen LogP contribution in [0.15, 0.2) is 67.0 Å². The topological polar surface area (TPSA) is 65.4 Å². The lowest BCUT2D eigenvalue weighted by Crippen LogP contribution is -2.30. The van der Waals surface area contributed by atoms with Crippen molar-refractivity contribution in [1.82, 2.24) is 14.9 Å². The van der Waals surface area contributed by atoms with Gasteiger partial charge in [0, 0.05) is 36.6 Å². The molecule has 1 N–H and O–H groups in total. The molecule has 8 heteroatoms. The van der Waals surface area contributed by atoms with Gasteiger partial charge < -0.3 is 19.4 Å². The van der Waals surface area contributed by atoms with Crippen LogP contribution in [0.5, 0.6) is 11.5 Å². The zero-order valence-electron chi connectivity index (χ0n) is 16.5. The van der Waals surface area contributed by atoms with E-state index < -0.39 is 18.6 Å². The Morgan fingerprint density at radius 2 is 1.83 bits per heavy atom. The van der Waals surface area contributed by atoms with Crippen molar-refractivity contribution in [2.45, 2.75) is 12.7 Å². The van der Waals surface area contributed by atoms with Crippen molar-refractivity contribution in [1.29, 1.82) is 0 Å². The van der Waals surface area contributed by atoms with Crippen molar-refractivity contribution in [2.75, 3.05) is 7.11 Å². The van der Waals surface area contributed by atoms with E-state index in [0.29, 0.717) is 17.1 Å². The lowest BCUT2D eigenvalue weighted by Gasteiger charge is -2.20. The van der Waals surface area contributed by atoms with Gasteiger partial charge in [0.2, 0.25) is 5.91 Å². The number of halogens is 2. The molecule has 30 heavy (non-hydrogen) atoms. The Bertz CT molecular complexity index is 1030. The minimum Gasteiger partial charge on any atom is -0.496 e. The minimum atomic E-state index is -2.95. The average molecular weight is 413 g/mol. The number of nitrogens with one attached hydrogen (secondary N) is 1. The maximum absolute atomic E-state index is 12.7. The van der Waals surface area contributed by atoms with Crippen LogP contribution in [0.4, 0.5) is 8.78 Å². The van der Waals surface area contributed by atoms with Crippen LogP contribution in [0.1, 0.15) is 23.0 Å². The standard InChI is InChI=1S/C22H21F2N3O3/c1-27-14-13-25-21(27)20(16-8-4-6-10-18(16)29-2)26-19(28)12-11-15-7-3-5-9-17(15)30-22(23)24/h3-14,20,22H,1-2H3,(H,26,28)/b12-11+. The van der Waals surface area contributed by atoms with E-state index in [-0.39, 0.29) is 5.75 Å². The van der Waals surface area contributed by atoms with E-state index in [1.807, 2.05) is 25.2 Å². The number of carbonyl (C=O) groups excluding carboxylic acids is 1. The van der Waals surface area contributed by atoms with Gasteiger partial charge in [-0.05, 0) is 18.2 Å². The maximum Gasteiger partial charge on any atom is 0.387 e. The van der Waals surface area contributed by atoms with Crippen molar-refractivity contribution in [2.24, 2.45) is 7.05 Å². The first kappa shape index (κ1) is 21.0. The van der Waals surface area contributed by atoms with Crippen molar-refractivity contribution in [3.8, 4) is 11.5 Å². The summed E-state index contributed by atoms with van der Waals surface area (Å²) in [6.45, 7) is -2.95. The Morgan fingerprint density at radius 1 is 1.13 bits per heavy atom. The second kappa shape index (κ2) is 9.69. The number of carbonyl (C=O) groups is 1. The smallest absolute Gasteiger partial charge is 0.387 e. The van der Waals surface area contributed by atoms with Crippen LogP contribution >= 0.6 is 0 Å². The lowest BCUT2D eigenvalue weighted by atomic mass is 10.0. The van der Waals surface area contributed by atoms with Crippen molar-refractivity contribution >= 4 is 12.0 Å². The summed E-state index contributed by atoms with van der Waals surface area (Å²) in [7, 11) is 3.38. The Morgan fingerprint density at radius 3 is 2.50 bits per heavy atom. The number of rotatable bonds is 8. The summed E-state index contributed by atoms with van der Waals surface area (Å²) in [5.74, 6) is 0.774. The normalized spacial score (nSPS) is 12.2. The summed E-state index contributed by atoms with van der Waals surface area (Å²) in [6, 6.07) is 13.0. The van der Waals surface area contributed by atoms with Gasteiger partial charge in [-0.2, -0.15) is 8.78 Å². The monoisotopic (exact) mass is 413 g/mol. The molecule has 0 bridgehead atoms. The molecule has 0 saturated heterocycles. The molecule has 1 atom stereocenters. The van der Waals surface area contributed by atoms with E-state index in [0.717, 1.165) is 5.56 Å². The number of nitrogens with zero attached hydrogens (tertiary/aromatic N) is 2. The third-order valence-electron chi connectivity index (χ3n) is 4.40. The van der Waals surface area contributed by atoms with Crippen molar-refractivity contribution < 1.29 is 23.0 Å². The van der Waals surface area contributed by atoms with Crippen LogP contribution in [0.3, 0.4) is 0 Å². The number of hydrogen-bond donors (Lipinski definition) is 1. The quantitative estimate of drug-likeness (QED) is 0.568. The zero-order chi connectivity index (χ0) is 21.5. The molecular formula is C22H21F2N3O3. The molecule has 1 heterocycles. The minimum absolute atomic E-state index is 0.0121. The zero-order valence-corrected chi connectivity index (χ0v) is 16.5. The highest BCUT2D eigenvalue weighted by molar-refractivity contribution is 5.92. The van der Waals surface area contributed by atoms with Gasteiger partial charge in [0.15, 0.2) is 0 Å². The molecule has 0 radical (unpaired) electrons. The second-order valence-corrected chi connectivity index (χ2v) is 6.33. The molecule has 3 rings (SSSR count). The highest BCUT2D eigenvalue weighted by Crippen LogP contribution is 2.29. The summed E-state index contributed by atoms with van der Waals surface area (Å²) in [6.07, 6.45) is 6.10. The largest absolute Gasteiger partial charge is 0.496 e. The molecule has 0 aliphatic heterocycles. The Labute approximate surface area is 172 Å². The molecule has 0 fully saturated rings. The number of alkyl halides is 2. The van der Waals surface area contributed by atoms with Gasteiger partial charge in [0.1, 0.15) is 23.4 Å². The van der Waals surface area contributed by atoms with Gasteiger partial charge >= 0.3 is 6.61 Å². The summed E-state index contributed by atoms with van der Waals surface area (Å²) in [4.78, 5) is 17.0. The van der Waals surface area contributed by atoms with Gasteiger partial charge in [-0.3, -0.25) is 4.79 Å². The molecule has 1 aromatic heterocycles. The third-order valence-corrected chi connectivity index (χ3v) is 4.40. The summed E-state index contributed by atoms with van der Waals surface area (Å²) in [5.41, 5.74) is 1.09. The van der Waals surface area contributed by atoms with Crippen LogP contribution in [0, 0.1) is 0 Å². The first-order valence-electron chi connectivity index (χ1n) is 9.12. The Kier molecular flexibility index (Phi) is 6.79. The summed E-state index contributed by atoms with van der Waals surface area (Å²) in [5, 5.41) is 2.90. The van der Waals surface area contributed by atoms with E-state index in [2.05, 4.69) is 15.0 Å². The number of ether oxygens (including phenoxy) is 2. The van der Waals surface area contributed by atoms with Crippen LogP contribution in [0.25, 0.3) is 6.08 Å². The van der Waals surface area contributed by atoms with E-state index >= 15 is 0 Å². The van der Waals surface area contributed by atoms with Gasteiger partial charge in [-0.25, -0.2) is 4.98 Å². The molecule has 2 aromatic carbocycles. The summed E-state index contributed by atoms with van der Waals surface area (Å²) >= 11 is 0. The molecule has 0 aliphatic carbocycles. The van der Waals surface area contributed by atoms with Crippen LogP contribution in [-0.2, 0) is 11.8 Å². The molecule has 1 unspecified atom stereocenters. The van der Waals surface area contributed by atoms with E-state index in [9.17, 15) is 13.6 Å². The number of aromatic nitrogens is 2. The number of amides is 1.